The summed E-state index contributed by atoms with van der Waals surface area (Å²) in [6.07, 6.45) is 0. The summed E-state index contributed by atoms with van der Waals surface area (Å²) in [5.41, 5.74) is 7.55. The second-order valence-corrected chi connectivity index (χ2v) is 7.83. The molecule has 4 N–H and O–H groups in total. The number of hydrogen-bond donors (Lipinski definition) is 3. The van der Waals surface area contributed by atoms with E-state index in [-0.39, 0.29) is 10.6 Å². The van der Waals surface area contributed by atoms with Crippen LogP contribution in [0.2, 0.25) is 0 Å². The van der Waals surface area contributed by atoms with Crippen molar-refractivity contribution in [2.75, 3.05) is 18.1 Å². The summed E-state index contributed by atoms with van der Waals surface area (Å²) >= 11 is 6.83. The van der Waals surface area contributed by atoms with Crippen molar-refractivity contribution in [3.8, 4) is 0 Å². The summed E-state index contributed by atoms with van der Waals surface area (Å²) < 4.78 is 27.6. The number of sulfonamides is 1. The van der Waals surface area contributed by atoms with Crippen LogP contribution in [0.25, 0.3) is 0 Å². The zero-order chi connectivity index (χ0) is 15.6. The number of benzene rings is 2. The van der Waals surface area contributed by atoms with Gasteiger partial charge in [-0.1, -0.05) is 15.9 Å². The molecule has 0 atom stereocenters. The number of rotatable bonds is 4. The Labute approximate surface area is 140 Å². The van der Waals surface area contributed by atoms with Gasteiger partial charge >= 0.3 is 0 Å². The van der Waals surface area contributed by atoms with E-state index in [0.717, 1.165) is 14.6 Å². The number of anilines is 3. The highest BCUT2D eigenvalue weighted by molar-refractivity contribution is 9.11. The Kier molecular flexibility index (Phi) is 4.92. The lowest BCUT2D eigenvalue weighted by Crippen LogP contribution is -2.19. The van der Waals surface area contributed by atoms with Crippen LogP contribution in [-0.2, 0) is 10.0 Å². The van der Waals surface area contributed by atoms with E-state index in [2.05, 4.69) is 41.9 Å². The van der Waals surface area contributed by atoms with E-state index in [4.69, 9.17) is 5.73 Å². The van der Waals surface area contributed by atoms with Crippen molar-refractivity contribution in [3.05, 3.63) is 45.3 Å². The third kappa shape index (κ3) is 3.76. The Morgan fingerprint density at radius 3 is 2.38 bits per heavy atom. The molecule has 0 saturated heterocycles. The summed E-state index contributed by atoms with van der Waals surface area (Å²) in [5, 5.41) is 3.17. The predicted octanol–water partition coefficient (Wildman–Crippen LogP) is 3.45. The minimum atomic E-state index is -3.55. The third-order valence-corrected chi connectivity index (χ3v) is 5.42. The Hall–Kier alpha value is -1.09. The van der Waals surface area contributed by atoms with Crippen molar-refractivity contribution in [2.24, 2.45) is 0 Å². The van der Waals surface area contributed by atoms with Gasteiger partial charge in [0.05, 0.1) is 11.4 Å². The van der Waals surface area contributed by atoms with Crippen molar-refractivity contribution in [1.82, 2.24) is 4.72 Å². The fourth-order valence-electron chi connectivity index (χ4n) is 1.73. The molecule has 112 valence electrons. The standard InChI is InChI=1S/C13H13Br2N3O2S/c1-17-21(19,20)13-5-3-9(7-11(13)16)18-12-4-2-8(14)6-10(12)15/h2-7,17-18H,16H2,1H3. The van der Waals surface area contributed by atoms with Gasteiger partial charge in [-0.3, -0.25) is 0 Å². The van der Waals surface area contributed by atoms with E-state index in [9.17, 15) is 8.42 Å². The van der Waals surface area contributed by atoms with E-state index < -0.39 is 10.0 Å². The molecule has 8 heteroatoms. The predicted molar refractivity (Wildman–Crippen MR) is 92.2 cm³/mol. The fourth-order valence-corrected chi connectivity index (χ4v) is 3.71. The van der Waals surface area contributed by atoms with E-state index in [1.54, 1.807) is 12.1 Å². The van der Waals surface area contributed by atoms with Crippen molar-refractivity contribution >= 4 is 58.9 Å². The van der Waals surface area contributed by atoms with Gasteiger partial charge in [-0.05, 0) is 59.4 Å². The van der Waals surface area contributed by atoms with Crippen LogP contribution in [0.1, 0.15) is 0 Å². The highest BCUT2D eigenvalue weighted by atomic mass is 79.9. The van der Waals surface area contributed by atoms with Crippen LogP contribution >= 0.6 is 31.9 Å². The van der Waals surface area contributed by atoms with Crippen LogP contribution in [0.4, 0.5) is 17.1 Å². The molecule has 2 aromatic carbocycles. The molecule has 0 saturated carbocycles. The van der Waals surface area contributed by atoms with Gasteiger partial charge in [0.2, 0.25) is 10.0 Å². The van der Waals surface area contributed by atoms with Crippen LogP contribution in [0.15, 0.2) is 50.2 Å². The molecule has 2 rings (SSSR count). The quantitative estimate of drug-likeness (QED) is 0.643. The van der Waals surface area contributed by atoms with Crippen molar-refractivity contribution in [2.45, 2.75) is 4.90 Å². The highest BCUT2D eigenvalue weighted by Crippen LogP contribution is 2.30. The highest BCUT2D eigenvalue weighted by Gasteiger charge is 2.15. The first-order valence-corrected chi connectivity index (χ1v) is 8.95. The monoisotopic (exact) mass is 433 g/mol. The van der Waals surface area contributed by atoms with Crippen LogP contribution in [-0.4, -0.2) is 15.5 Å². The topological polar surface area (TPSA) is 84.2 Å². The molecule has 5 nitrogen and oxygen atoms in total. The maximum Gasteiger partial charge on any atom is 0.242 e. The summed E-state index contributed by atoms with van der Waals surface area (Å²) in [4.78, 5) is 0.0606. The van der Waals surface area contributed by atoms with Crippen LogP contribution in [0.3, 0.4) is 0 Å². The van der Waals surface area contributed by atoms with Gasteiger partial charge in [0.25, 0.3) is 0 Å². The molecule has 0 unspecified atom stereocenters. The summed E-state index contributed by atoms with van der Waals surface area (Å²) in [5.74, 6) is 0. The van der Waals surface area contributed by atoms with Crippen LogP contribution in [0, 0.1) is 0 Å². The number of hydrogen-bond acceptors (Lipinski definition) is 4. The Morgan fingerprint density at radius 2 is 1.81 bits per heavy atom. The molecular formula is C13H13Br2N3O2S. The normalized spacial score (nSPS) is 11.4. The van der Waals surface area contributed by atoms with Crippen molar-refractivity contribution < 1.29 is 8.42 Å². The average Bonchev–Trinajstić information content (AvgIpc) is 2.42. The van der Waals surface area contributed by atoms with E-state index in [1.165, 1.54) is 13.1 Å². The lowest BCUT2D eigenvalue weighted by atomic mass is 10.2. The second kappa shape index (κ2) is 6.35. The summed E-state index contributed by atoms with van der Waals surface area (Å²) in [6, 6.07) is 10.4. The number of nitrogen functional groups attached to an aromatic ring is 1. The second-order valence-electron chi connectivity index (χ2n) is 4.21. The Bertz CT molecular complexity index is 779. The lowest BCUT2D eigenvalue weighted by molar-refractivity contribution is 0.588. The molecule has 21 heavy (non-hydrogen) atoms. The Balaban J connectivity index is 2.33. The van der Waals surface area contributed by atoms with Gasteiger partial charge in [-0.2, -0.15) is 0 Å². The fraction of sp³-hybridized carbons (Fsp3) is 0.0769. The van der Waals surface area contributed by atoms with Crippen LogP contribution < -0.4 is 15.8 Å². The lowest BCUT2D eigenvalue weighted by Gasteiger charge is -2.12. The number of nitrogens with one attached hydrogen (secondary N) is 2. The SMILES string of the molecule is CNS(=O)(=O)c1ccc(Nc2ccc(Br)cc2Br)cc1N. The van der Waals surface area contributed by atoms with Gasteiger partial charge in [-0.25, -0.2) is 13.1 Å². The first-order chi connectivity index (χ1) is 9.83. The Morgan fingerprint density at radius 1 is 1.10 bits per heavy atom. The summed E-state index contributed by atoms with van der Waals surface area (Å²) in [7, 11) is -2.20. The molecule has 0 aliphatic rings. The molecule has 0 aliphatic carbocycles. The molecule has 2 aromatic rings. The van der Waals surface area contributed by atoms with Crippen LogP contribution in [0.5, 0.6) is 0 Å². The van der Waals surface area contributed by atoms with Gasteiger partial charge in [0.1, 0.15) is 4.90 Å². The van der Waals surface area contributed by atoms with Crippen molar-refractivity contribution in [3.63, 3.8) is 0 Å². The zero-order valence-corrected chi connectivity index (χ0v) is 15.0. The van der Waals surface area contributed by atoms with E-state index in [1.807, 2.05) is 18.2 Å². The minimum absolute atomic E-state index is 0.0606. The molecule has 0 spiro atoms. The molecule has 0 aliphatic heterocycles. The van der Waals surface area contributed by atoms with Gasteiger partial charge in [0.15, 0.2) is 0 Å². The molecule has 0 aromatic heterocycles. The molecule has 0 amide bonds. The first kappa shape index (κ1) is 16.3. The van der Waals surface area contributed by atoms with Crippen molar-refractivity contribution in [1.29, 1.82) is 0 Å². The van der Waals surface area contributed by atoms with E-state index >= 15 is 0 Å². The maximum absolute atomic E-state index is 11.8. The third-order valence-electron chi connectivity index (χ3n) is 2.78. The largest absolute Gasteiger partial charge is 0.398 e. The number of halogens is 2. The minimum Gasteiger partial charge on any atom is -0.398 e. The molecular weight excluding hydrogens is 422 g/mol. The maximum atomic E-state index is 11.8. The number of nitrogens with two attached hydrogens (primary N) is 1. The van der Waals surface area contributed by atoms with Gasteiger partial charge in [-0.15, -0.1) is 0 Å². The molecule has 0 radical (unpaired) electrons. The molecule has 0 fully saturated rings. The zero-order valence-electron chi connectivity index (χ0n) is 11.0. The average molecular weight is 435 g/mol. The van der Waals surface area contributed by atoms with Gasteiger partial charge < -0.3 is 11.1 Å². The van der Waals surface area contributed by atoms with Gasteiger partial charge in [0, 0.05) is 14.6 Å². The first-order valence-electron chi connectivity index (χ1n) is 5.88. The summed E-state index contributed by atoms with van der Waals surface area (Å²) in [6.45, 7) is 0. The molecule has 0 heterocycles. The smallest absolute Gasteiger partial charge is 0.242 e. The molecule has 0 bridgehead atoms. The van der Waals surface area contributed by atoms with E-state index in [0.29, 0.717) is 5.69 Å².